The van der Waals surface area contributed by atoms with Crippen molar-refractivity contribution in [3.05, 3.63) is 64.7 Å². The molecule has 0 saturated carbocycles. The minimum atomic E-state index is -4.49. The summed E-state index contributed by atoms with van der Waals surface area (Å²) in [6.45, 7) is 7.35. The fraction of sp³-hybridized carbons (Fsp3) is 0.500. The summed E-state index contributed by atoms with van der Waals surface area (Å²) in [7, 11) is 0. The number of fused-ring (bicyclic) bond motifs is 1. The third kappa shape index (κ3) is 10.3. The molecule has 2 aromatic rings. The van der Waals surface area contributed by atoms with Crippen molar-refractivity contribution in [2.45, 2.75) is 78.1 Å². The van der Waals surface area contributed by atoms with E-state index in [0.717, 1.165) is 37.0 Å². The quantitative estimate of drug-likeness (QED) is 0.235. The number of alkyl carbamates (subject to hydrolysis) is 1. The first-order valence-electron chi connectivity index (χ1n) is 14.7. The van der Waals surface area contributed by atoms with Gasteiger partial charge in [0.1, 0.15) is 12.1 Å². The predicted molar refractivity (Wildman–Crippen MR) is 158 cm³/mol. The van der Waals surface area contributed by atoms with Gasteiger partial charge >= 0.3 is 18.2 Å². The number of nitrogens with zero attached hydrogens (tertiary/aromatic N) is 2. The number of benzene rings is 2. The van der Waals surface area contributed by atoms with Gasteiger partial charge in [-0.15, -0.1) is 0 Å². The second-order valence-electron chi connectivity index (χ2n) is 11.5. The molecule has 0 bridgehead atoms. The molecule has 0 aliphatic carbocycles. The standard InChI is InChI=1S/C32H40F3N3O6/c1-5-43-28(40)16-18-37-21-27(39)38(20-23-10-13-24(14-11-23)32(33,34)35)26-15-12-22(19-25(26)29(37)41)9-7-6-8-17-36-30(42)44-31(2,3)4/h10-15,19H,5-9,16-18,20-21H2,1-4H3,(H,36,42). The van der Waals surface area contributed by atoms with Crippen molar-refractivity contribution in [3.63, 3.8) is 0 Å². The highest BCUT2D eigenvalue weighted by molar-refractivity contribution is 6.09. The van der Waals surface area contributed by atoms with E-state index in [-0.39, 0.29) is 38.2 Å². The molecule has 2 aromatic carbocycles. The lowest BCUT2D eigenvalue weighted by Crippen LogP contribution is -2.40. The molecule has 1 N–H and O–H groups in total. The first-order chi connectivity index (χ1) is 20.7. The van der Waals surface area contributed by atoms with Gasteiger partial charge in [-0.2, -0.15) is 13.2 Å². The average molecular weight is 620 g/mol. The molecular weight excluding hydrogens is 579 g/mol. The molecule has 0 unspecified atom stereocenters. The van der Waals surface area contributed by atoms with Crippen LogP contribution in [0.1, 0.15) is 80.4 Å². The fourth-order valence-electron chi connectivity index (χ4n) is 4.70. The second kappa shape index (κ2) is 15.1. The van der Waals surface area contributed by atoms with Crippen molar-refractivity contribution in [2.24, 2.45) is 0 Å². The Morgan fingerprint density at radius 1 is 0.955 bits per heavy atom. The molecule has 3 amide bonds. The summed E-state index contributed by atoms with van der Waals surface area (Å²) in [5.74, 6) is -1.34. The minimum absolute atomic E-state index is 0.0220. The molecule has 12 heteroatoms. The van der Waals surface area contributed by atoms with Gasteiger partial charge in [-0.3, -0.25) is 14.4 Å². The summed E-state index contributed by atoms with van der Waals surface area (Å²) in [6.07, 6.45) is -2.07. The van der Waals surface area contributed by atoms with E-state index in [1.165, 1.54) is 21.9 Å². The predicted octanol–water partition coefficient (Wildman–Crippen LogP) is 5.89. The normalized spacial score (nSPS) is 13.8. The summed E-state index contributed by atoms with van der Waals surface area (Å²) >= 11 is 0. The Hall–Kier alpha value is -4.09. The van der Waals surface area contributed by atoms with Gasteiger partial charge in [-0.05, 0) is 82.3 Å². The Balaban J connectivity index is 1.75. The van der Waals surface area contributed by atoms with Crippen molar-refractivity contribution in [3.8, 4) is 0 Å². The van der Waals surface area contributed by atoms with Crippen LogP contribution < -0.4 is 10.2 Å². The number of nitrogens with one attached hydrogen (secondary N) is 1. The molecule has 0 spiro atoms. The molecule has 0 saturated heterocycles. The number of alkyl halides is 3. The van der Waals surface area contributed by atoms with Gasteiger partial charge in [-0.1, -0.05) is 24.6 Å². The fourth-order valence-corrected chi connectivity index (χ4v) is 4.70. The van der Waals surface area contributed by atoms with Crippen molar-refractivity contribution < 1.29 is 41.8 Å². The third-order valence-corrected chi connectivity index (χ3v) is 6.82. The number of rotatable bonds is 12. The highest BCUT2D eigenvalue weighted by Gasteiger charge is 2.33. The second-order valence-corrected chi connectivity index (χ2v) is 11.5. The number of esters is 1. The number of halogens is 3. The molecule has 0 radical (unpaired) electrons. The molecular formula is C32H40F3N3O6. The number of unbranched alkanes of at least 4 members (excludes halogenated alkanes) is 2. The summed E-state index contributed by atoms with van der Waals surface area (Å²) in [5.41, 5.74) is 0.591. The highest BCUT2D eigenvalue weighted by Crippen LogP contribution is 2.31. The Morgan fingerprint density at radius 2 is 1.64 bits per heavy atom. The van der Waals surface area contributed by atoms with Gasteiger partial charge < -0.3 is 24.6 Å². The largest absolute Gasteiger partial charge is 0.466 e. The van der Waals surface area contributed by atoms with Crippen LogP contribution in [-0.4, -0.2) is 60.6 Å². The molecule has 9 nitrogen and oxygen atoms in total. The number of ether oxygens (including phenoxy) is 2. The van der Waals surface area contributed by atoms with Crippen LogP contribution in [0.25, 0.3) is 0 Å². The SMILES string of the molecule is CCOC(=O)CCN1CC(=O)N(Cc2ccc(C(F)(F)F)cc2)c2ccc(CCCCCNC(=O)OC(C)(C)C)cc2C1=O. The third-order valence-electron chi connectivity index (χ3n) is 6.82. The summed E-state index contributed by atoms with van der Waals surface area (Å²) in [4.78, 5) is 53.6. The number of carbonyl (C=O) groups excluding carboxylic acids is 4. The molecule has 1 aliphatic rings. The van der Waals surface area contributed by atoms with Crippen molar-refractivity contribution in [1.82, 2.24) is 10.2 Å². The van der Waals surface area contributed by atoms with Gasteiger partial charge in [0, 0.05) is 13.1 Å². The summed E-state index contributed by atoms with van der Waals surface area (Å²) in [6, 6.07) is 9.78. The van der Waals surface area contributed by atoms with Crippen LogP contribution in [0.3, 0.4) is 0 Å². The highest BCUT2D eigenvalue weighted by atomic mass is 19.4. The Bertz CT molecular complexity index is 1320. The lowest BCUT2D eigenvalue weighted by atomic mass is 10.0. The molecule has 44 heavy (non-hydrogen) atoms. The van der Waals surface area contributed by atoms with E-state index < -0.39 is 41.2 Å². The molecule has 240 valence electrons. The zero-order valence-electron chi connectivity index (χ0n) is 25.6. The van der Waals surface area contributed by atoms with E-state index in [4.69, 9.17) is 9.47 Å². The maximum atomic E-state index is 13.7. The van der Waals surface area contributed by atoms with Crippen molar-refractivity contribution in [2.75, 3.05) is 31.1 Å². The van der Waals surface area contributed by atoms with Crippen LogP contribution in [0.5, 0.6) is 0 Å². The zero-order valence-corrected chi connectivity index (χ0v) is 25.6. The lowest BCUT2D eigenvalue weighted by Gasteiger charge is -2.23. The number of carbonyl (C=O) groups is 4. The number of hydrogen-bond acceptors (Lipinski definition) is 6. The average Bonchev–Trinajstić information content (AvgIpc) is 3.03. The number of anilines is 1. The number of hydrogen-bond donors (Lipinski definition) is 1. The summed E-state index contributed by atoms with van der Waals surface area (Å²) in [5, 5.41) is 2.73. The van der Waals surface area contributed by atoms with Gasteiger partial charge in [0.25, 0.3) is 5.91 Å². The number of aryl methyl sites for hydroxylation is 1. The van der Waals surface area contributed by atoms with Crippen molar-refractivity contribution in [1.29, 1.82) is 0 Å². The summed E-state index contributed by atoms with van der Waals surface area (Å²) < 4.78 is 49.4. The van der Waals surface area contributed by atoms with Crippen LogP contribution >= 0.6 is 0 Å². The molecule has 0 fully saturated rings. The molecule has 0 aromatic heterocycles. The van der Waals surface area contributed by atoms with Crippen LogP contribution in [0.2, 0.25) is 0 Å². The van der Waals surface area contributed by atoms with Crippen LogP contribution in [0, 0.1) is 0 Å². The Morgan fingerprint density at radius 3 is 2.27 bits per heavy atom. The van der Waals surface area contributed by atoms with E-state index in [2.05, 4.69) is 5.32 Å². The van der Waals surface area contributed by atoms with Crippen LogP contribution in [0.15, 0.2) is 42.5 Å². The van der Waals surface area contributed by atoms with E-state index in [0.29, 0.717) is 24.2 Å². The van der Waals surface area contributed by atoms with E-state index >= 15 is 0 Å². The monoisotopic (exact) mass is 619 g/mol. The smallest absolute Gasteiger partial charge is 0.416 e. The minimum Gasteiger partial charge on any atom is -0.466 e. The van der Waals surface area contributed by atoms with Crippen LogP contribution in [-0.2, 0) is 38.2 Å². The molecule has 1 heterocycles. The molecule has 1 aliphatic heterocycles. The van der Waals surface area contributed by atoms with E-state index in [1.54, 1.807) is 39.8 Å². The first-order valence-corrected chi connectivity index (χ1v) is 14.7. The van der Waals surface area contributed by atoms with E-state index in [1.807, 2.05) is 6.07 Å². The van der Waals surface area contributed by atoms with Gasteiger partial charge in [-0.25, -0.2) is 4.79 Å². The van der Waals surface area contributed by atoms with Gasteiger partial charge in [0.2, 0.25) is 5.91 Å². The van der Waals surface area contributed by atoms with E-state index in [9.17, 15) is 32.3 Å². The Labute approximate surface area is 255 Å². The zero-order chi connectivity index (χ0) is 32.5. The number of amides is 3. The van der Waals surface area contributed by atoms with Crippen molar-refractivity contribution >= 4 is 29.6 Å². The Kier molecular flexibility index (Phi) is 11.8. The molecule has 0 atom stereocenters. The maximum Gasteiger partial charge on any atom is 0.416 e. The lowest BCUT2D eigenvalue weighted by molar-refractivity contribution is -0.143. The maximum absolute atomic E-state index is 13.7. The first kappa shape index (κ1) is 34.4. The van der Waals surface area contributed by atoms with Gasteiger partial charge in [0.05, 0.1) is 36.4 Å². The topological polar surface area (TPSA) is 105 Å². The molecule has 3 rings (SSSR count). The van der Waals surface area contributed by atoms with Crippen LogP contribution in [0.4, 0.5) is 23.7 Å². The van der Waals surface area contributed by atoms with Gasteiger partial charge in [0.15, 0.2) is 0 Å².